The Morgan fingerprint density at radius 1 is 1.12 bits per heavy atom. The minimum absolute atomic E-state index is 0.0963. The summed E-state index contributed by atoms with van der Waals surface area (Å²) in [6.45, 7) is 7.42. The molecule has 1 heterocycles. The summed E-state index contributed by atoms with van der Waals surface area (Å²) in [7, 11) is 1.60. The molecule has 0 aliphatic carbocycles. The van der Waals surface area contributed by atoms with Gasteiger partial charge in [0.1, 0.15) is 11.5 Å². The van der Waals surface area contributed by atoms with Gasteiger partial charge in [-0.05, 0) is 37.0 Å². The monoisotopic (exact) mass is 437 g/mol. The number of hydrogen-bond donors (Lipinski definition) is 1. The summed E-state index contributed by atoms with van der Waals surface area (Å²) in [6.07, 6.45) is 0.588. The van der Waals surface area contributed by atoms with E-state index < -0.39 is 17.7 Å². The van der Waals surface area contributed by atoms with Crippen LogP contribution in [0.2, 0.25) is 0 Å². The number of ketones is 1. The first-order chi connectivity index (χ1) is 15.3. The zero-order valence-electron chi connectivity index (χ0n) is 19.1. The van der Waals surface area contributed by atoms with Crippen molar-refractivity contribution in [2.45, 2.75) is 33.2 Å². The van der Waals surface area contributed by atoms with Crippen molar-refractivity contribution in [2.24, 2.45) is 5.92 Å². The molecule has 2 aromatic carbocycles. The number of aryl methyl sites for hydroxylation is 1. The summed E-state index contributed by atoms with van der Waals surface area (Å²) in [4.78, 5) is 27.5. The lowest BCUT2D eigenvalue weighted by atomic mass is 9.94. The van der Waals surface area contributed by atoms with E-state index in [-0.39, 0.29) is 11.3 Å². The average Bonchev–Trinajstić information content (AvgIpc) is 3.02. The Kier molecular flexibility index (Phi) is 7.70. The first-order valence-electron chi connectivity index (χ1n) is 10.9. The van der Waals surface area contributed by atoms with E-state index in [1.807, 2.05) is 31.2 Å². The predicted octanol–water partition coefficient (Wildman–Crippen LogP) is 4.49. The van der Waals surface area contributed by atoms with Crippen molar-refractivity contribution >= 4 is 17.4 Å². The van der Waals surface area contributed by atoms with Crippen LogP contribution in [0.1, 0.15) is 43.0 Å². The number of amides is 1. The number of methoxy groups -OCH3 is 1. The normalized spacial score (nSPS) is 17.9. The maximum atomic E-state index is 13.1. The van der Waals surface area contributed by atoms with Gasteiger partial charge < -0.3 is 19.5 Å². The highest BCUT2D eigenvalue weighted by Gasteiger charge is 2.45. The van der Waals surface area contributed by atoms with E-state index >= 15 is 0 Å². The summed E-state index contributed by atoms with van der Waals surface area (Å²) in [5, 5.41) is 11.2. The van der Waals surface area contributed by atoms with Crippen molar-refractivity contribution in [3.8, 4) is 5.75 Å². The van der Waals surface area contributed by atoms with Crippen LogP contribution in [-0.4, -0.2) is 48.6 Å². The number of nitrogens with zero attached hydrogens (tertiary/aromatic N) is 1. The maximum absolute atomic E-state index is 13.1. The van der Waals surface area contributed by atoms with E-state index in [1.54, 1.807) is 31.4 Å². The summed E-state index contributed by atoms with van der Waals surface area (Å²) in [5.74, 6) is -0.532. The van der Waals surface area contributed by atoms with Crippen molar-refractivity contribution in [3.05, 3.63) is 70.8 Å². The fraction of sp³-hybridized carbons (Fsp3) is 0.385. The van der Waals surface area contributed by atoms with Crippen LogP contribution in [0.5, 0.6) is 5.75 Å². The summed E-state index contributed by atoms with van der Waals surface area (Å²) in [6, 6.07) is 14.0. The molecule has 1 atom stereocenters. The molecule has 1 unspecified atom stereocenters. The molecule has 1 N–H and O–H groups in total. The van der Waals surface area contributed by atoms with Gasteiger partial charge in [0, 0.05) is 25.8 Å². The molecule has 1 amide bonds. The molecule has 0 saturated carbocycles. The van der Waals surface area contributed by atoms with Gasteiger partial charge in [-0.3, -0.25) is 9.59 Å². The number of likely N-dealkylation sites (tertiary alicyclic amines) is 1. The van der Waals surface area contributed by atoms with E-state index in [0.29, 0.717) is 43.4 Å². The van der Waals surface area contributed by atoms with Crippen LogP contribution < -0.4 is 4.74 Å². The van der Waals surface area contributed by atoms with Crippen molar-refractivity contribution in [2.75, 3.05) is 26.9 Å². The van der Waals surface area contributed by atoms with Crippen LogP contribution in [-0.2, 0) is 14.3 Å². The molecule has 32 heavy (non-hydrogen) atoms. The summed E-state index contributed by atoms with van der Waals surface area (Å²) >= 11 is 0. The van der Waals surface area contributed by atoms with Gasteiger partial charge in [-0.15, -0.1) is 0 Å². The second kappa shape index (κ2) is 10.5. The number of carbonyl (C=O) groups is 2. The number of carbonyl (C=O) groups excluding carboxylic acids is 2. The number of aliphatic hydroxyl groups is 1. The Morgan fingerprint density at radius 3 is 2.56 bits per heavy atom. The van der Waals surface area contributed by atoms with E-state index in [1.165, 1.54) is 4.90 Å². The molecule has 1 fully saturated rings. The molecule has 0 spiro atoms. The number of rotatable bonds is 9. The highest BCUT2D eigenvalue weighted by molar-refractivity contribution is 6.46. The van der Waals surface area contributed by atoms with E-state index in [9.17, 15) is 14.7 Å². The van der Waals surface area contributed by atoms with Crippen LogP contribution in [0.15, 0.2) is 54.1 Å². The molecule has 3 rings (SSSR count). The van der Waals surface area contributed by atoms with E-state index in [2.05, 4.69) is 13.8 Å². The molecule has 1 aliphatic heterocycles. The first-order valence-corrected chi connectivity index (χ1v) is 10.9. The van der Waals surface area contributed by atoms with Gasteiger partial charge in [0.2, 0.25) is 0 Å². The standard InChI is InChI=1S/C26H31NO5/c1-17(2)16-32-21-11-6-10-20(15-21)24(28)22-23(19-9-5-8-18(3)14-19)27(12-7-13-31-4)26(30)25(22)29/h5-6,8-11,14-15,17,23,28H,7,12-13,16H2,1-4H3/b24-22-. The number of aliphatic hydroxyl groups excluding tert-OH is 1. The highest BCUT2D eigenvalue weighted by atomic mass is 16.5. The largest absolute Gasteiger partial charge is 0.507 e. The molecule has 0 radical (unpaired) electrons. The number of Topliss-reactive ketones (excluding diaryl/α,β-unsaturated/α-hetero) is 1. The molecule has 6 nitrogen and oxygen atoms in total. The Balaban J connectivity index is 2.06. The lowest BCUT2D eigenvalue weighted by Gasteiger charge is -2.25. The molecular formula is C26H31NO5. The third-order valence-electron chi connectivity index (χ3n) is 5.34. The number of benzene rings is 2. The molecular weight excluding hydrogens is 406 g/mol. The lowest BCUT2D eigenvalue weighted by Crippen LogP contribution is -2.31. The number of hydrogen-bond acceptors (Lipinski definition) is 5. The van der Waals surface area contributed by atoms with Crippen LogP contribution in [0.25, 0.3) is 5.76 Å². The van der Waals surface area contributed by atoms with Crippen LogP contribution >= 0.6 is 0 Å². The fourth-order valence-corrected chi connectivity index (χ4v) is 3.83. The van der Waals surface area contributed by atoms with Crippen molar-refractivity contribution in [1.82, 2.24) is 4.90 Å². The SMILES string of the molecule is COCCCN1C(=O)C(=O)/C(=C(\O)c2cccc(OCC(C)C)c2)C1c1cccc(C)c1. The fourth-order valence-electron chi connectivity index (χ4n) is 3.83. The van der Waals surface area contributed by atoms with Gasteiger partial charge in [0.25, 0.3) is 11.7 Å². The molecule has 2 aromatic rings. The summed E-state index contributed by atoms with van der Waals surface area (Å²) in [5.41, 5.74) is 2.34. The van der Waals surface area contributed by atoms with Crippen molar-refractivity contribution in [3.63, 3.8) is 0 Å². The minimum atomic E-state index is -0.681. The second-order valence-electron chi connectivity index (χ2n) is 8.49. The van der Waals surface area contributed by atoms with E-state index in [4.69, 9.17) is 9.47 Å². The molecule has 1 aliphatic rings. The summed E-state index contributed by atoms with van der Waals surface area (Å²) < 4.78 is 10.9. The van der Waals surface area contributed by atoms with Gasteiger partial charge in [-0.2, -0.15) is 0 Å². The third kappa shape index (κ3) is 5.19. The minimum Gasteiger partial charge on any atom is -0.507 e. The third-order valence-corrected chi connectivity index (χ3v) is 5.34. The predicted molar refractivity (Wildman–Crippen MR) is 123 cm³/mol. The average molecular weight is 438 g/mol. The van der Waals surface area contributed by atoms with Gasteiger partial charge >= 0.3 is 0 Å². The molecule has 170 valence electrons. The van der Waals surface area contributed by atoms with Gasteiger partial charge in [0.05, 0.1) is 18.2 Å². The zero-order chi connectivity index (χ0) is 23.3. The van der Waals surface area contributed by atoms with Gasteiger partial charge in [0.15, 0.2) is 0 Å². The van der Waals surface area contributed by atoms with Crippen molar-refractivity contribution < 1.29 is 24.2 Å². The molecule has 0 aromatic heterocycles. The number of ether oxygens (including phenoxy) is 2. The Labute approximate surface area is 189 Å². The van der Waals surface area contributed by atoms with Crippen molar-refractivity contribution in [1.29, 1.82) is 0 Å². The van der Waals surface area contributed by atoms with Gasteiger partial charge in [-0.25, -0.2) is 0 Å². The maximum Gasteiger partial charge on any atom is 0.295 e. The van der Waals surface area contributed by atoms with Gasteiger partial charge in [-0.1, -0.05) is 55.8 Å². The topological polar surface area (TPSA) is 76.1 Å². The second-order valence-corrected chi connectivity index (χ2v) is 8.49. The van der Waals surface area contributed by atoms with Crippen LogP contribution in [0, 0.1) is 12.8 Å². The van der Waals surface area contributed by atoms with Crippen LogP contribution in [0.4, 0.5) is 0 Å². The Hall–Kier alpha value is -3.12. The Bertz CT molecular complexity index is 1010. The molecule has 6 heteroatoms. The smallest absolute Gasteiger partial charge is 0.295 e. The van der Waals surface area contributed by atoms with E-state index in [0.717, 1.165) is 11.1 Å². The first kappa shape index (κ1) is 23.5. The highest BCUT2D eigenvalue weighted by Crippen LogP contribution is 2.40. The molecule has 0 bridgehead atoms. The quantitative estimate of drug-likeness (QED) is 0.271. The zero-order valence-corrected chi connectivity index (χ0v) is 19.1. The lowest BCUT2D eigenvalue weighted by molar-refractivity contribution is -0.140. The molecule has 1 saturated heterocycles. The Morgan fingerprint density at radius 2 is 1.88 bits per heavy atom. The van der Waals surface area contributed by atoms with Crippen LogP contribution in [0.3, 0.4) is 0 Å².